The summed E-state index contributed by atoms with van der Waals surface area (Å²) < 4.78 is 8.00. The van der Waals surface area contributed by atoms with E-state index in [2.05, 4.69) is 90.3 Å². The van der Waals surface area contributed by atoms with Gasteiger partial charge < -0.3 is 21.9 Å². The molecule has 3 fully saturated rings. The molecule has 3 aliphatic carbocycles. The Hall–Kier alpha value is -2.39. The SMILES string of the molecule is CC(=O)[C@@]1(N)CC[C@@H](c2ccc(Br)cc2)C1.COC(=O)[C@@]1(N)CC[C@@H](c2ccc(Br)cc2)C1.N#CC1(N)CC[C@@H](c2ccc(Br)cc2)C1. The largest absolute Gasteiger partial charge is 0.468 e. The number of nitrogens with two attached hydrogens (primary N) is 3. The van der Waals surface area contributed by atoms with Gasteiger partial charge in [-0.25, -0.2) is 0 Å². The molecule has 256 valence electrons. The lowest BCUT2D eigenvalue weighted by Gasteiger charge is -2.20. The Balaban J connectivity index is 0.000000163. The minimum atomic E-state index is -0.799. The van der Waals surface area contributed by atoms with E-state index in [1.165, 1.54) is 23.8 Å². The summed E-state index contributed by atoms with van der Waals surface area (Å²) in [6.07, 6.45) is 7.51. The van der Waals surface area contributed by atoms with Crippen LogP contribution in [0.25, 0.3) is 0 Å². The van der Waals surface area contributed by atoms with E-state index in [0.717, 1.165) is 58.4 Å². The van der Waals surface area contributed by atoms with Gasteiger partial charge in [0, 0.05) is 13.4 Å². The molecule has 0 spiro atoms. The number of nitrogens with zero attached hydrogens (tertiary/aromatic N) is 1. The van der Waals surface area contributed by atoms with E-state index >= 15 is 0 Å². The quantitative estimate of drug-likeness (QED) is 0.219. The first kappa shape index (κ1) is 38.4. The van der Waals surface area contributed by atoms with Crippen LogP contribution in [-0.2, 0) is 14.3 Å². The van der Waals surface area contributed by atoms with Crippen LogP contribution in [0, 0.1) is 11.3 Å². The van der Waals surface area contributed by atoms with Gasteiger partial charge in [-0.15, -0.1) is 0 Å². The van der Waals surface area contributed by atoms with E-state index in [-0.39, 0.29) is 11.8 Å². The van der Waals surface area contributed by atoms with Gasteiger partial charge >= 0.3 is 5.97 Å². The van der Waals surface area contributed by atoms with Crippen LogP contribution < -0.4 is 17.2 Å². The minimum absolute atomic E-state index is 0.118. The predicted octanol–water partition coefficient (Wildman–Crippen LogP) is 8.53. The lowest BCUT2D eigenvalue weighted by atomic mass is 9.90. The topological polar surface area (TPSA) is 145 Å². The Morgan fingerprint density at radius 3 is 1.35 bits per heavy atom. The summed E-state index contributed by atoms with van der Waals surface area (Å²) in [6, 6.07) is 27.0. The number of benzene rings is 3. The van der Waals surface area contributed by atoms with Crippen molar-refractivity contribution in [1.82, 2.24) is 0 Å². The zero-order valence-corrected chi connectivity index (χ0v) is 32.3. The van der Waals surface area contributed by atoms with Gasteiger partial charge in [0.15, 0.2) is 0 Å². The molecule has 0 aromatic heterocycles. The highest BCUT2D eigenvalue weighted by Crippen LogP contribution is 2.42. The average Bonchev–Trinajstić information content (AvgIpc) is 3.80. The second-order valence-corrected chi connectivity index (χ2v) is 16.3. The number of hydrogen-bond donors (Lipinski definition) is 3. The van der Waals surface area contributed by atoms with E-state index in [9.17, 15) is 9.59 Å². The molecule has 3 aromatic carbocycles. The Morgan fingerprint density at radius 1 is 0.667 bits per heavy atom. The third-order valence-electron chi connectivity index (χ3n) is 10.2. The summed E-state index contributed by atoms with van der Waals surface area (Å²) in [4.78, 5) is 23.1. The van der Waals surface area contributed by atoms with Crippen molar-refractivity contribution in [2.45, 2.75) is 99.1 Å². The first-order valence-electron chi connectivity index (χ1n) is 16.3. The fourth-order valence-corrected chi connectivity index (χ4v) is 7.89. The number of carbonyl (C=O) groups is 2. The van der Waals surface area contributed by atoms with Crippen molar-refractivity contribution in [2.24, 2.45) is 17.2 Å². The number of esters is 1. The molecule has 3 aliphatic rings. The molecule has 3 aromatic rings. The lowest BCUT2D eigenvalue weighted by molar-refractivity contribution is -0.146. The molecule has 1 unspecified atom stereocenters. The molecule has 10 heteroatoms. The van der Waals surface area contributed by atoms with Crippen LogP contribution >= 0.6 is 47.8 Å². The second kappa shape index (κ2) is 16.5. The summed E-state index contributed by atoms with van der Waals surface area (Å²) in [5, 5.41) is 8.95. The third-order valence-corrected chi connectivity index (χ3v) is 11.8. The van der Waals surface area contributed by atoms with Crippen molar-refractivity contribution in [3.8, 4) is 6.07 Å². The van der Waals surface area contributed by atoms with Crippen molar-refractivity contribution in [2.75, 3.05) is 7.11 Å². The van der Waals surface area contributed by atoms with Crippen LogP contribution in [0.5, 0.6) is 0 Å². The number of ether oxygens (including phenoxy) is 1. The van der Waals surface area contributed by atoms with Crippen molar-refractivity contribution < 1.29 is 14.3 Å². The standard InChI is InChI=1S/C13H16BrNO2.C13H16BrNO.C12H13BrN2/c1-17-12(16)13(15)7-6-10(8-13)9-2-4-11(14)5-3-9;1-9(16)13(15)7-6-11(8-13)10-2-4-12(14)5-3-10;13-11-3-1-9(2-4-11)10-5-6-12(15,7-10)8-14/h2-5,10H,6-8,15H2,1H3;2-5,11H,6-8,15H2,1H3;1-4,10H,5-7,15H2/t10-,13-;11-,13-;10-,12?/m111/s1. The molecule has 0 radical (unpaired) electrons. The van der Waals surface area contributed by atoms with Crippen LogP contribution in [0.3, 0.4) is 0 Å². The van der Waals surface area contributed by atoms with Crippen LogP contribution in [0.15, 0.2) is 86.2 Å². The molecular formula is C38H45Br3N4O3. The third kappa shape index (κ3) is 9.86. The molecule has 0 amide bonds. The Kier molecular flexibility index (Phi) is 13.2. The molecule has 7 nitrogen and oxygen atoms in total. The predicted molar refractivity (Wildman–Crippen MR) is 201 cm³/mol. The molecular weight excluding hydrogens is 800 g/mol. The van der Waals surface area contributed by atoms with Gasteiger partial charge in [0.05, 0.1) is 18.7 Å². The second-order valence-electron chi connectivity index (χ2n) is 13.6. The van der Waals surface area contributed by atoms with Gasteiger partial charge in [-0.05, 0) is 136 Å². The Labute approximate surface area is 309 Å². The Bertz CT molecular complexity index is 1600. The number of nitriles is 1. The van der Waals surface area contributed by atoms with E-state index in [0.29, 0.717) is 30.6 Å². The van der Waals surface area contributed by atoms with Gasteiger partial charge in [0.25, 0.3) is 0 Å². The maximum Gasteiger partial charge on any atom is 0.325 e. The maximum atomic E-state index is 11.6. The van der Waals surface area contributed by atoms with Crippen molar-refractivity contribution in [1.29, 1.82) is 5.26 Å². The molecule has 6 N–H and O–H groups in total. The van der Waals surface area contributed by atoms with Crippen molar-refractivity contribution >= 4 is 59.5 Å². The number of ketones is 1. The zero-order chi connectivity index (χ0) is 35.1. The molecule has 0 bridgehead atoms. The highest BCUT2D eigenvalue weighted by Gasteiger charge is 2.43. The minimum Gasteiger partial charge on any atom is -0.468 e. The van der Waals surface area contributed by atoms with Gasteiger partial charge in [0.2, 0.25) is 0 Å². The molecule has 0 heterocycles. The summed E-state index contributed by atoms with van der Waals surface area (Å²) in [6.45, 7) is 1.60. The number of Topliss-reactive ketones (excluding diaryl/α,β-unsaturated/α-hetero) is 1. The molecule has 48 heavy (non-hydrogen) atoms. The van der Waals surface area contributed by atoms with Crippen LogP contribution in [0.2, 0.25) is 0 Å². The highest BCUT2D eigenvalue weighted by molar-refractivity contribution is 9.11. The van der Waals surface area contributed by atoms with E-state index in [1.54, 1.807) is 6.92 Å². The van der Waals surface area contributed by atoms with Gasteiger partial charge in [-0.2, -0.15) is 5.26 Å². The molecule has 6 atom stereocenters. The number of rotatable bonds is 5. The van der Waals surface area contributed by atoms with Crippen molar-refractivity contribution in [3.63, 3.8) is 0 Å². The summed E-state index contributed by atoms with van der Waals surface area (Å²) in [7, 11) is 1.39. The van der Waals surface area contributed by atoms with Gasteiger partial charge in [-0.1, -0.05) is 84.2 Å². The number of halogens is 3. The fourth-order valence-electron chi connectivity index (χ4n) is 7.10. The van der Waals surface area contributed by atoms with E-state index in [1.807, 2.05) is 36.4 Å². The number of methoxy groups -OCH3 is 1. The first-order chi connectivity index (χ1) is 22.7. The summed E-state index contributed by atoms with van der Waals surface area (Å²) in [5.41, 5.74) is 20.0. The van der Waals surface area contributed by atoms with Gasteiger partial charge in [-0.3, -0.25) is 9.59 Å². The maximum absolute atomic E-state index is 11.6. The van der Waals surface area contributed by atoms with Crippen LogP contribution in [-0.4, -0.2) is 35.5 Å². The average molecular weight is 846 g/mol. The summed E-state index contributed by atoms with van der Waals surface area (Å²) in [5.74, 6) is 1.06. The van der Waals surface area contributed by atoms with Crippen LogP contribution in [0.4, 0.5) is 0 Å². The Morgan fingerprint density at radius 2 is 1.02 bits per heavy atom. The number of hydrogen-bond acceptors (Lipinski definition) is 7. The molecule has 0 saturated heterocycles. The number of carbonyl (C=O) groups excluding carboxylic acids is 2. The first-order valence-corrected chi connectivity index (χ1v) is 18.7. The lowest BCUT2D eigenvalue weighted by Crippen LogP contribution is -2.46. The molecule has 6 rings (SSSR count). The van der Waals surface area contributed by atoms with E-state index < -0.39 is 16.6 Å². The monoisotopic (exact) mass is 842 g/mol. The fraction of sp³-hybridized carbons (Fsp3) is 0.447. The smallest absolute Gasteiger partial charge is 0.325 e. The highest BCUT2D eigenvalue weighted by atomic mass is 79.9. The summed E-state index contributed by atoms with van der Waals surface area (Å²) >= 11 is 10.2. The normalized spacial score (nSPS) is 29.1. The molecule has 0 aliphatic heterocycles. The van der Waals surface area contributed by atoms with Crippen LogP contribution in [0.1, 0.15) is 99.2 Å². The zero-order valence-electron chi connectivity index (χ0n) is 27.6. The van der Waals surface area contributed by atoms with Gasteiger partial charge in [0.1, 0.15) is 16.9 Å². The van der Waals surface area contributed by atoms with Crippen molar-refractivity contribution in [3.05, 3.63) is 103 Å². The van der Waals surface area contributed by atoms with E-state index in [4.69, 9.17) is 27.2 Å². The molecule has 3 saturated carbocycles.